The van der Waals surface area contributed by atoms with Crippen molar-refractivity contribution in [1.29, 1.82) is 0 Å². The molecule has 0 saturated heterocycles. The molecule has 1 N–H and O–H groups in total. The second-order valence-electron chi connectivity index (χ2n) is 3.83. The third-order valence-electron chi connectivity index (χ3n) is 2.84. The van der Waals surface area contributed by atoms with Crippen LogP contribution in [0.5, 0.6) is 0 Å². The van der Waals surface area contributed by atoms with Gasteiger partial charge in [0.15, 0.2) is 0 Å². The Kier molecular flexibility index (Phi) is 3.52. The lowest BCUT2D eigenvalue weighted by atomic mass is 9.74. The minimum Gasteiger partial charge on any atom is -0.481 e. The largest absolute Gasteiger partial charge is 0.481 e. The molecule has 0 aliphatic heterocycles. The minimum atomic E-state index is -0.642. The van der Waals surface area contributed by atoms with Crippen LogP contribution in [0, 0.1) is 5.41 Å². The van der Waals surface area contributed by atoms with Crippen molar-refractivity contribution >= 4 is 5.97 Å². The van der Waals surface area contributed by atoms with E-state index >= 15 is 0 Å². The SMILES string of the molecule is CC/C=C/C1(C(=O)O)CCCCC1. The molecule has 2 nitrogen and oxygen atoms in total. The summed E-state index contributed by atoms with van der Waals surface area (Å²) in [4.78, 5) is 11.1. The third-order valence-corrected chi connectivity index (χ3v) is 2.84. The molecule has 0 amide bonds. The van der Waals surface area contributed by atoms with Gasteiger partial charge in [-0.1, -0.05) is 38.3 Å². The van der Waals surface area contributed by atoms with E-state index in [0.717, 1.165) is 32.1 Å². The number of carboxylic acid groups (broad SMARTS) is 1. The van der Waals surface area contributed by atoms with Gasteiger partial charge >= 0.3 is 5.97 Å². The Morgan fingerprint density at radius 2 is 2.00 bits per heavy atom. The quantitative estimate of drug-likeness (QED) is 0.681. The highest BCUT2D eigenvalue weighted by molar-refractivity contribution is 5.77. The van der Waals surface area contributed by atoms with Crippen LogP contribution in [0.1, 0.15) is 45.4 Å². The maximum Gasteiger partial charge on any atom is 0.313 e. The van der Waals surface area contributed by atoms with Crippen molar-refractivity contribution in [2.24, 2.45) is 5.41 Å². The van der Waals surface area contributed by atoms with E-state index in [1.54, 1.807) is 0 Å². The second-order valence-corrected chi connectivity index (χ2v) is 3.83. The summed E-state index contributed by atoms with van der Waals surface area (Å²) in [5, 5.41) is 9.16. The molecule has 1 saturated carbocycles. The van der Waals surface area contributed by atoms with E-state index in [1.807, 2.05) is 19.1 Å². The van der Waals surface area contributed by atoms with Crippen LogP contribution in [0.15, 0.2) is 12.2 Å². The molecule has 0 unspecified atom stereocenters. The lowest BCUT2D eigenvalue weighted by Crippen LogP contribution is -2.31. The van der Waals surface area contributed by atoms with Gasteiger partial charge in [0.25, 0.3) is 0 Å². The molecular weight excluding hydrogens is 164 g/mol. The minimum absolute atomic E-state index is 0.533. The summed E-state index contributed by atoms with van der Waals surface area (Å²) < 4.78 is 0. The molecule has 74 valence electrons. The van der Waals surface area contributed by atoms with Crippen molar-refractivity contribution < 1.29 is 9.90 Å². The van der Waals surface area contributed by atoms with E-state index in [1.165, 1.54) is 6.42 Å². The fourth-order valence-corrected chi connectivity index (χ4v) is 1.98. The average molecular weight is 182 g/mol. The molecule has 0 aromatic rings. The normalized spacial score (nSPS) is 21.9. The summed E-state index contributed by atoms with van der Waals surface area (Å²) in [6.07, 6.45) is 9.76. The van der Waals surface area contributed by atoms with Crippen molar-refractivity contribution in [2.75, 3.05) is 0 Å². The summed E-state index contributed by atoms with van der Waals surface area (Å²) in [6.45, 7) is 2.04. The zero-order chi connectivity index (χ0) is 9.73. The second kappa shape index (κ2) is 4.45. The lowest BCUT2D eigenvalue weighted by molar-refractivity contribution is -0.147. The van der Waals surface area contributed by atoms with Crippen LogP contribution >= 0.6 is 0 Å². The Hall–Kier alpha value is -0.790. The van der Waals surface area contributed by atoms with E-state index in [2.05, 4.69) is 0 Å². The van der Waals surface area contributed by atoms with Crippen molar-refractivity contribution in [2.45, 2.75) is 45.4 Å². The fraction of sp³-hybridized carbons (Fsp3) is 0.727. The zero-order valence-corrected chi connectivity index (χ0v) is 8.25. The van der Waals surface area contributed by atoms with Crippen LogP contribution in [-0.2, 0) is 4.79 Å². The van der Waals surface area contributed by atoms with Crippen LogP contribution < -0.4 is 0 Å². The van der Waals surface area contributed by atoms with Gasteiger partial charge in [0.05, 0.1) is 5.41 Å². The highest BCUT2D eigenvalue weighted by Gasteiger charge is 2.36. The maximum absolute atomic E-state index is 11.1. The van der Waals surface area contributed by atoms with Gasteiger partial charge in [-0.05, 0) is 19.3 Å². The van der Waals surface area contributed by atoms with E-state index < -0.39 is 11.4 Å². The van der Waals surface area contributed by atoms with E-state index in [9.17, 15) is 4.79 Å². The first kappa shape index (κ1) is 10.3. The molecule has 2 heteroatoms. The fourth-order valence-electron chi connectivity index (χ4n) is 1.98. The summed E-state index contributed by atoms with van der Waals surface area (Å²) in [6, 6.07) is 0. The molecule has 0 bridgehead atoms. The molecule has 13 heavy (non-hydrogen) atoms. The maximum atomic E-state index is 11.1. The number of rotatable bonds is 3. The molecule has 0 aromatic carbocycles. The Morgan fingerprint density at radius 3 is 2.46 bits per heavy atom. The average Bonchev–Trinajstić information content (AvgIpc) is 2.16. The smallest absolute Gasteiger partial charge is 0.313 e. The Labute approximate surface area is 79.6 Å². The molecule has 0 aromatic heterocycles. The molecule has 0 atom stereocenters. The monoisotopic (exact) mass is 182 g/mol. The standard InChI is InChI=1S/C11H18O2/c1-2-3-7-11(10(12)13)8-5-4-6-9-11/h3,7H,2,4-6,8-9H2,1H3,(H,12,13)/b7-3+. The third kappa shape index (κ3) is 2.33. The van der Waals surface area contributed by atoms with Crippen molar-refractivity contribution in [3.8, 4) is 0 Å². The highest BCUT2D eigenvalue weighted by Crippen LogP contribution is 2.37. The molecule has 1 rings (SSSR count). The molecule has 0 spiro atoms. The van der Waals surface area contributed by atoms with Gasteiger partial charge in [-0.3, -0.25) is 4.79 Å². The highest BCUT2D eigenvalue weighted by atomic mass is 16.4. The number of hydrogen-bond acceptors (Lipinski definition) is 1. The molecule has 1 aliphatic carbocycles. The summed E-state index contributed by atoms with van der Waals surface area (Å²) in [5.41, 5.74) is -0.533. The van der Waals surface area contributed by atoms with Crippen LogP contribution in [-0.4, -0.2) is 11.1 Å². The molecular formula is C11H18O2. The number of aliphatic carboxylic acids is 1. The zero-order valence-electron chi connectivity index (χ0n) is 8.25. The molecule has 0 radical (unpaired) electrons. The molecule has 0 heterocycles. The molecule has 1 fully saturated rings. The first-order chi connectivity index (χ1) is 6.21. The number of carboxylic acids is 1. The van der Waals surface area contributed by atoms with Gasteiger partial charge in [-0.25, -0.2) is 0 Å². The predicted molar refractivity (Wildman–Crippen MR) is 52.6 cm³/mol. The Morgan fingerprint density at radius 1 is 1.38 bits per heavy atom. The van der Waals surface area contributed by atoms with Crippen LogP contribution in [0.25, 0.3) is 0 Å². The summed E-state index contributed by atoms with van der Waals surface area (Å²) in [5.74, 6) is -0.642. The number of allylic oxidation sites excluding steroid dienone is 1. The van der Waals surface area contributed by atoms with Crippen molar-refractivity contribution in [3.63, 3.8) is 0 Å². The first-order valence-electron chi connectivity index (χ1n) is 5.12. The van der Waals surface area contributed by atoms with Crippen molar-refractivity contribution in [1.82, 2.24) is 0 Å². The lowest BCUT2D eigenvalue weighted by Gasteiger charge is -2.30. The predicted octanol–water partition coefficient (Wildman–Crippen LogP) is 2.99. The topological polar surface area (TPSA) is 37.3 Å². The van der Waals surface area contributed by atoms with E-state index in [-0.39, 0.29) is 0 Å². The van der Waals surface area contributed by atoms with Gasteiger partial charge in [0, 0.05) is 0 Å². The number of carbonyl (C=O) groups is 1. The number of hydrogen-bond donors (Lipinski definition) is 1. The van der Waals surface area contributed by atoms with Crippen LogP contribution in [0.2, 0.25) is 0 Å². The van der Waals surface area contributed by atoms with Gasteiger partial charge in [0.1, 0.15) is 0 Å². The van der Waals surface area contributed by atoms with E-state index in [4.69, 9.17) is 5.11 Å². The Bertz CT molecular complexity index is 200. The van der Waals surface area contributed by atoms with Gasteiger partial charge in [0.2, 0.25) is 0 Å². The van der Waals surface area contributed by atoms with Gasteiger partial charge < -0.3 is 5.11 Å². The van der Waals surface area contributed by atoms with Crippen molar-refractivity contribution in [3.05, 3.63) is 12.2 Å². The first-order valence-corrected chi connectivity index (χ1v) is 5.12. The molecule has 1 aliphatic rings. The van der Waals surface area contributed by atoms with Crippen LogP contribution in [0.3, 0.4) is 0 Å². The summed E-state index contributed by atoms with van der Waals surface area (Å²) >= 11 is 0. The van der Waals surface area contributed by atoms with E-state index in [0.29, 0.717) is 0 Å². The Balaban J connectivity index is 2.73. The van der Waals surface area contributed by atoms with Gasteiger partial charge in [-0.2, -0.15) is 0 Å². The van der Waals surface area contributed by atoms with Crippen LogP contribution in [0.4, 0.5) is 0 Å². The summed E-state index contributed by atoms with van der Waals surface area (Å²) in [7, 11) is 0. The van der Waals surface area contributed by atoms with Gasteiger partial charge in [-0.15, -0.1) is 0 Å².